The topological polar surface area (TPSA) is 80.9 Å². The molecule has 112 valence electrons. The van der Waals surface area contributed by atoms with Crippen molar-refractivity contribution in [2.45, 2.75) is 46.1 Å². The third-order valence-electron chi connectivity index (χ3n) is 3.49. The van der Waals surface area contributed by atoms with Crippen LogP contribution in [0.1, 0.15) is 43.4 Å². The summed E-state index contributed by atoms with van der Waals surface area (Å²) >= 11 is 0. The van der Waals surface area contributed by atoms with Crippen molar-refractivity contribution in [3.63, 3.8) is 0 Å². The number of rotatable bonds is 6. The van der Waals surface area contributed by atoms with Crippen LogP contribution in [-0.2, 0) is 4.79 Å². The lowest BCUT2D eigenvalue weighted by atomic mass is 10.0. The molecule has 6 heteroatoms. The Morgan fingerprint density at radius 1 is 1.38 bits per heavy atom. The second kappa shape index (κ2) is 6.47. The predicted molar refractivity (Wildman–Crippen MR) is 78.9 cm³/mol. The van der Waals surface area contributed by atoms with Crippen molar-refractivity contribution in [3.8, 4) is 11.4 Å². The molecule has 1 atom stereocenters. The van der Waals surface area contributed by atoms with Gasteiger partial charge in [0.05, 0.1) is 12.5 Å². The highest BCUT2D eigenvalue weighted by molar-refractivity contribution is 5.67. The van der Waals surface area contributed by atoms with E-state index in [-0.39, 0.29) is 12.5 Å². The quantitative estimate of drug-likeness (QED) is 0.884. The summed E-state index contributed by atoms with van der Waals surface area (Å²) in [5, 5.41) is 20.9. The number of carboxylic acids is 1. The van der Waals surface area contributed by atoms with Gasteiger partial charge in [0, 0.05) is 5.56 Å². The van der Waals surface area contributed by atoms with E-state index in [0.29, 0.717) is 5.82 Å². The standard InChI is InChI=1S/C15H20N4O2/c1-4-5-12(9-14(20)21)19-15(16-17-18-19)13-7-6-10(2)8-11(13)3/h6-8,12H,4-5,9H2,1-3H3,(H,20,21). The Bertz CT molecular complexity index is 636. The molecular formula is C15H20N4O2. The number of hydrogen-bond acceptors (Lipinski definition) is 4. The first-order valence-electron chi connectivity index (χ1n) is 7.10. The first-order valence-corrected chi connectivity index (χ1v) is 7.10. The van der Waals surface area contributed by atoms with Crippen LogP contribution in [0.4, 0.5) is 0 Å². The van der Waals surface area contributed by atoms with E-state index in [1.165, 1.54) is 5.56 Å². The number of tetrazole rings is 1. The molecule has 21 heavy (non-hydrogen) atoms. The van der Waals surface area contributed by atoms with E-state index in [1.54, 1.807) is 4.68 Å². The van der Waals surface area contributed by atoms with Crippen LogP contribution in [0.2, 0.25) is 0 Å². The summed E-state index contributed by atoms with van der Waals surface area (Å²) in [6.07, 6.45) is 1.64. The Morgan fingerprint density at radius 2 is 2.14 bits per heavy atom. The molecule has 0 spiro atoms. The Kier molecular flexibility index (Phi) is 4.67. The van der Waals surface area contributed by atoms with Gasteiger partial charge in [0.15, 0.2) is 5.82 Å². The van der Waals surface area contributed by atoms with Crippen LogP contribution in [0.15, 0.2) is 18.2 Å². The number of benzene rings is 1. The number of aromatic nitrogens is 4. The van der Waals surface area contributed by atoms with Crippen molar-refractivity contribution in [2.24, 2.45) is 0 Å². The molecule has 0 aliphatic rings. The molecule has 0 fully saturated rings. The molecule has 0 amide bonds. The third kappa shape index (κ3) is 3.45. The van der Waals surface area contributed by atoms with Crippen LogP contribution in [0.25, 0.3) is 11.4 Å². The zero-order valence-corrected chi connectivity index (χ0v) is 12.6. The molecule has 1 N–H and O–H groups in total. The Hall–Kier alpha value is -2.24. The van der Waals surface area contributed by atoms with Gasteiger partial charge in [-0.1, -0.05) is 37.1 Å². The number of carboxylic acid groups (broad SMARTS) is 1. The minimum absolute atomic E-state index is 0.0246. The van der Waals surface area contributed by atoms with Gasteiger partial charge in [-0.2, -0.15) is 0 Å². The minimum Gasteiger partial charge on any atom is -0.481 e. The fourth-order valence-corrected chi connectivity index (χ4v) is 2.53. The molecular weight excluding hydrogens is 268 g/mol. The average Bonchev–Trinajstić information content (AvgIpc) is 2.86. The lowest BCUT2D eigenvalue weighted by Gasteiger charge is -2.16. The molecule has 6 nitrogen and oxygen atoms in total. The van der Waals surface area contributed by atoms with Crippen LogP contribution < -0.4 is 0 Å². The van der Waals surface area contributed by atoms with Crippen LogP contribution >= 0.6 is 0 Å². The van der Waals surface area contributed by atoms with Crippen molar-refractivity contribution in [2.75, 3.05) is 0 Å². The van der Waals surface area contributed by atoms with E-state index in [9.17, 15) is 4.79 Å². The summed E-state index contributed by atoms with van der Waals surface area (Å²) < 4.78 is 1.65. The zero-order valence-electron chi connectivity index (χ0n) is 12.6. The van der Waals surface area contributed by atoms with Crippen molar-refractivity contribution < 1.29 is 9.90 Å². The van der Waals surface area contributed by atoms with Crippen LogP contribution in [0.3, 0.4) is 0 Å². The monoisotopic (exact) mass is 288 g/mol. The van der Waals surface area contributed by atoms with Crippen LogP contribution in [0.5, 0.6) is 0 Å². The van der Waals surface area contributed by atoms with Gasteiger partial charge in [0.1, 0.15) is 0 Å². The van der Waals surface area contributed by atoms with Gasteiger partial charge in [-0.15, -0.1) is 5.10 Å². The normalized spacial score (nSPS) is 12.3. The van der Waals surface area contributed by atoms with E-state index in [1.807, 2.05) is 32.9 Å². The van der Waals surface area contributed by atoms with Gasteiger partial charge in [0.25, 0.3) is 0 Å². The summed E-state index contributed by atoms with van der Waals surface area (Å²) in [6, 6.07) is 5.84. The number of aliphatic carboxylic acids is 1. The largest absolute Gasteiger partial charge is 0.481 e. The first kappa shape index (κ1) is 15.2. The maximum atomic E-state index is 11.1. The van der Waals surface area contributed by atoms with Crippen LogP contribution in [0, 0.1) is 13.8 Å². The highest BCUT2D eigenvalue weighted by Gasteiger charge is 2.21. The molecule has 1 aromatic carbocycles. The number of nitrogens with zero attached hydrogens (tertiary/aromatic N) is 4. The van der Waals surface area contributed by atoms with Gasteiger partial charge in [-0.3, -0.25) is 4.79 Å². The fourth-order valence-electron chi connectivity index (χ4n) is 2.53. The summed E-state index contributed by atoms with van der Waals surface area (Å²) in [6.45, 7) is 6.06. The Morgan fingerprint density at radius 3 is 2.76 bits per heavy atom. The Balaban J connectivity index is 2.42. The summed E-state index contributed by atoms with van der Waals surface area (Å²) in [7, 11) is 0. The molecule has 2 rings (SSSR count). The molecule has 1 unspecified atom stereocenters. The molecule has 2 aromatic rings. The zero-order chi connectivity index (χ0) is 15.4. The number of hydrogen-bond donors (Lipinski definition) is 1. The highest BCUT2D eigenvalue weighted by atomic mass is 16.4. The lowest BCUT2D eigenvalue weighted by Crippen LogP contribution is -2.16. The van der Waals surface area contributed by atoms with E-state index in [4.69, 9.17) is 5.11 Å². The molecule has 0 aliphatic carbocycles. The van der Waals surface area contributed by atoms with Crippen LogP contribution in [-0.4, -0.2) is 31.3 Å². The first-order chi connectivity index (χ1) is 10.0. The maximum absolute atomic E-state index is 11.1. The molecule has 0 aliphatic heterocycles. The van der Waals surface area contributed by atoms with E-state index in [2.05, 4.69) is 21.6 Å². The summed E-state index contributed by atoms with van der Waals surface area (Å²) in [5.74, 6) is -0.206. The highest BCUT2D eigenvalue weighted by Crippen LogP contribution is 2.26. The summed E-state index contributed by atoms with van der Waals surface area (Å²) in [5.41, 5.74) is 3.19. The summed E-state index contributed by atoms with van der Waals surface area (Å²) in [4.78, 5) is 11.1. The molecule has 1 aromatic heterocycles. The molecule has 0 bridgehead atoms. The Labute approximate surface area is 123 Å². The second-order valence-corrected chi connectivity index (χ2v) is 5.31. The maximum Gasteiger partial charge on any atom is 0.305 e. The van der Waals surface area contributed by atoms with Gasteiger partial charge in [-0.05, 0) is 36.3 Å². The van der Waals surface area contributed by atoms with Gasteiger partial charge in [-0.25, -0.2) is 4.68 Å². The van der Waals surface area contributed by atoms with Gasteiger partial charge in [0.2, 0.25) is 0 Å². The SMILES string of the molecule is CCCC(CC(=O)O)n1nnnc1-c1ccc(C)cc1C. The number of carbonyl (C=O) groups is 1. The minimum atomic E-state index is -0.837. The molecule has 0 radical (unpaired) electrons. The van der Waals surface area contributed by atoms with E-state index < -0.39 is 5.97 Å². The smallest absolute Gasteiger partial charge is 0.305 e. The fraction of sp³-hybridized carbons (Fsp3) is 0.467. The molecule has 0 saturated heterocycles. The van der Waals surface area contributed by atoms with Gasteiger partial charge >= 0.3 is 5.97 Å². The second-order valence-electron chi connectivity index (χ2n) is 5.31. The van der Waals surface area contributed by atoms with Crippen molar-refractivity contribution in [1.82, 2.24) is 20.2 Å². The molecule has 0 saturated carbocycles. The third-order valence-corrected chi connectivity index (χ3v) is 3.49. The van der Waals surface area contributed by atoms with Crippen molar-refractivity contribution in [3.05, 3.63) is 29.3 Å². The average molecular weight is 288 g/mol. The van der Waals surface area contributed by atoms with E-state index >= 15 is 0 Å². The molecule has 1 heterocycles. The number of aryl methyl sites for hydroxylation is 2. The predicted octanol–water partition coefficient (Wildman–Crippen LogP) is 2.77. The van der Waals surface area contributed by atoms with Crippen molar-refractivity contribution >= 4 is 5.97 Å². The van der Waals surface area contributed by atoms with Gasteiger partial charge < -0.3 is 5.11 Å². The van der Waals surface area contributed by atoms with E-state index in [0.717, 1.165) is 24.0 Å². The lowest BCUT2D eigenvalue weighted by molar-refractivity contribution is -0.138. The van der Waals surface area contributed by atoms with Crippen molar-refractivity contribution in [1.29, 1.82) is 0 Å².